The van der Waals surface area contributed by atoms with E-state index in [1.807, 2.05) is 19.1 Å². The molecule has 0 saturated heterocycles. The molecule has 0 radical (unpaired) electrons. The highest BCUT2D eigenvalue weighted by Crippen LogP contribution is 2.22. The van der Waals surface area contributed by atoms with Crippen LogP contribution in [0.3, 0.4) is 0 Å². The summed E-state index contributed by atoms with van der Waals surface area (Å²) in [7, 11) is 1.09. The maximum absolute atomic E-state index is 12.0. The van der Waals surface area contributed by atoms with Gasteiger partial charge in [0.25, 0.3) is 0 Å². The number of rotatable bonds is 9. The minimum Gasteiger partial charge on any atom is -0.467 e. The Labute approximate surface area is 176 Å². The molecule has 1 aliphatic carbocycles. The zero-order valence-corrected chi connectivity index (χ0v) is 18.9. The smallest absolute Gasteiger partial charge is 0.191 e. The molecule has 1 fully saturated rings. The third kappa shape index (κ3) is 8.39. The lowest BCUT2D eigenvalue weighted by atomic mass is 9.95. The van der Waals surface area contributed by atoms with Crippen LogP contribution < -0.4 is 10.6 Å². The van der Waals surface area contributed by atoms with Crippen LogP contribution in [0.4, 0.5) is 0 Å². The fraction of sp³-hybridized carbons (Fsp3) is 0.722. The van der Waals surface area contributed by atoms with Crippen molar-refractivity contribution in [2.24, 2.45) is 4.99 Å². The molecule has 3 atom stereocenters. The van der Waals surface area contributed by atoms with E-state index in [0.717, 1.165) is 56.1 Å². The largest absolute Gasteiger partial charge is 0.467 e. The highest BCUT2D eigenvalue weighted by Gasteiger charge is 2.25. The third-order valence-corrected chi connectivity index (χ3v) is 6.17. The lowest BCUT2D eigenvalue weighted by Crippen LogP contribution is -2.46. The van der Waals surface area contributed by atoms with Gasteiger partial charge in [-0.3, -0.25) is 9.20 Å². The molecular formula is C18H32IN3O3S. The molecular weight excluding hydrogens is 465 g/mol. The highest BCUT2D eigenvalue weighted by molar-refractivity contribution is 14.0. The van der Waals surface area contributed by atoms with E-state index in [1.165, 1.54) is 0 Å². The van der Waals surface area contributed by atoms with Gasteiger partial charge in [0.2, 0.25) is 0 Å². The summed E-state index contributed by atoms with van der Waals surface area (Å²) in [6, 6.07) is 4.13. The maximum atomic E-state index is 12.0. The summed E-state index contributed by atoms with van der Waals surface area (Å²) in [5.74, 6) is 2.42. The first-order valence-electron chi connectivity index (χ1n) is 9.17. The zero-order valence-electron chi connectivity index (χ0n) is 15.7. The molecule has 1 heterocycles. The molecule has 150 valence electrons. The van der Waals surface area contributed by atoms with Crippen molar-refractivity contribution < 1.29 is 13.4 Å². The summed E-state index contributed by atoms with van der Waals surface area (Å²) < 4.78 is 22.8. The lowest BCUT2D eigenvalue weighted by Gasteiger charge is -2.30. The van der Waals surface area contributed by atoms with Gasteiger partial charge in [0, 0.05) is 48.0 Å². The number of nitrogens with zero attached hydrogens (tertiary/aromatic N) is 1. The molecule has 0 amide bonds. The first-order valence-corrected chi connectivity index (χ1v) is 10.6. The van der Waals surface area contributed by atoms with Crippen LogP contribution in [0.5, 0.6) is 0 Å². The Bertz CT molecular complexity index is 540. The molecule has 6 nitrogen and oxygen atoms in total. The van der Waals surface area contributed by atoms with Crippen molar-refractivity contribution in [3.8, 4) is 0 Å². The SMILES string of the molecule is CCS(=O)C1CCCC(NC(=NC)NCCCOCc2ccco2)C1.I. The number of halogens is 1. The second kappa shape index (κ2) is 13.5. The van der Waals surface area contributed by atoms with Gasteiger partial charge in [0.15, 0.2) is 5.96 Å². The summed E-state index contributed by atoms with van der Waals surface area (Å²) in [6.07, 6.45) is 6.84. The summed E-state index contributed by atoms with van der Waals surface area (Å²) in [4.78, 5) is 4.29. The molecule has 2 N–H and O–H groups in total. The van der Waals surface area contributed by atoms with Crippen molar-refractivity contribution in [3.05, 3.63) is 24.2 Å². The first-order chi connectivity index (χ1) is 12.2. The number of aliphatic imine (C=N–C) groups is 1. The van der Waals surface area contributed by atoms with Gasteiger partial charge in [-0.15, -0.1) is 24.0 Å². The van der Waals surface area contributed by atoms with Crippen LogP contribution in [0.1, 0.15) is 44.8 Å². The van der Waals surface area contributed by atoms with Gasteiger partial charge >= 0.3 is 0 Å². The normalized spacial score (nSPS) is 21.7. The quantitative estimate of drug-likeness (QED) is 0.238. The van der Waals surface area contributed by atoms with Crippen molar-refractivity contribution >= 4 is 40.7 Å². The molecule has 26 heavy (non-hydrogen) atoms. The minimum absolute atomic E-state index is 0. The van der Waals surface area contributed by atoms with Gasteiger partial charge in [-0.1, -0.05) is 13.3 Å². The summed E-state index contributed by atoms with van der Waals surface area (Å²) in [6.45, 7) is 3.99. The molecule has 0 bridgehead atoms. The molecule has 1 aromatic heterocycles. The molecule has 3 unspecified atom stereocenters. The van der Waals surface area contributed by atoms with Crippen LogP contribution in [-0.2, 0) is 22.1 Å². The molecule has 1 saturated carbocycles. The minimum atomic E-state index is -0.697. The van der Waals surface area contributed by atoms with Crippen LogP contribution in [-0.4, -0.2) is 47.4 Å². The van der Waals surface area contributed by atoms with Crippen molar-refractivity contribution in [2.45, 2.75) is 56.9 Å². The van der Waals surface area contributed by atoms with Gasteiger partial charge in [-0.2, -0.15) is 0 Å². The maximum Gasteiger partial charge on any atom is 0.191 e. The van der Waals surface area contributed by atoms with Crippen molar-refractivity contribution in [1.82, 2.24) is 10.6 Å². The van der Waals surface area contributed by atoms with E-state index in [-0.39, 0.29) is 24.0 Å². The van der Waals surface area contributed by atoms with Gasteiger partial charge in [-0.25, -0.2) is 0 Å². The molecule has 2 rings (SSSR count). The number of hydrogen-bond donors (Lipinski definition) is 2. The van der Waals surface area contributed by atoms with E-state index in [4.69, 9.17) is 9.15 Å². The van der Waals surface area contributed by atoms with E-state index in [0.29, 0.717) is 24.5 Å². The Kier molecular flexibility index (Phi) is 12.2. The Morgan fingerprint density at radius 2 is 2.31 bits per heavy atom. The average molecular weight is 497 g/mol. The van der Waals surface area contributed by atoms with Crippen molar-refractivity contribution in [2.75, 3.05) is 26.0 Å². The van der Waals surface area contributed by atoms with E-state index < -0.39 is 10.8 Å². The van der Waals surface area contributed by atoms with Crippen LogP contribution in [0.15, 0.2) is 27.8 Å². The van der Waals surface area contributed by atoms with E-state index in [2.05, 4.69) is 15.6 Å². The number of hydrogen-bond acceptors (Lipinski definition) is 4. The first kappa shape index (κ1) is 23.4. The van der Waals surface area contributed by atoms with Gasteiger partial charge in [0.05, 0.1) is 6.26 Å². The Balaban J connectivity index is 0.00000338. The lowest BCUT2D eigenvalue weighted by molar-refractivity contribution is 0.105. The Morgan fingerprint density at radius 1 is 1.46 bits per heavy atom. The fourth-order valence-corrected chi connectivity index (χ4v) is 4.43. The van der Waals surface area contributed by atoms with E-state index in [1.54, 1.807) is 13.3 Å². The molecule has 0 spiro atoms. The number of ether oxygens (including phenoxy) is 1. The van der Waals surface area contributed by atoms with Crippen molar-refractivity contribution in [3.63, 3.8) is 0 Å². The third-order valence-electron chi connectivity index (χ3n) is 4.43. The average Bonchev–Trinajstić information content (AvgIpc) is 3.16. The second-order valence-corrected chi connectivity index (χ2v) is 8.29. The topological polar surface area (TPSA) is 75.9 Å². The van der Waals surface area contributed by atoms with Crippen LogP contribution in [0.25, 0.3) is 0 Å². The Hall–Kier alpha value is -0.610. The number of nitrogens with one attached hydrogen (secondary N) is 2. The van der Waals surface area contributed by atoms with Gasteiger partial charge < -0.3 is 19.8 Å². The Morgan fingerprint density at radius 3 is 3.00 bits per heavy atom. The molecule has 1 aromatic rings. The van der Waals surface area contributed by atoms with Crippen LogP contribution >= 0.6 is 24.0 Å². The van der Waals surface area contributed by atoms with E-state index in [9.17, 15) is 4.21 Å². The molecule has 1 aliphatic rings. The second-order valence-electron chi connectivity index (χ2n) is 6.28. The summed E-state index contributed by atoms with van der Waals surface area (Å²) in [5.41, 5.74) is 0. The van der Waals surface area contributed by atoms with Crippen LogP contribution in [0, 0.1) is 0 Å². The van der Waals surface area contributed by atoms with Crippen molar-refractivity contribution in [1.29, 1.82) is 0 Å². The van der Waals surface area contributed by atoms with E-state index >= 15 is 0 Å². The van der Waals surface area contributed by atoms with Gasteiger partial charge in [-0.05, 0) is 37.8 Å². The number of furan rings is 1. The summed E-state index contributed by atoms with van der Waals surface area (Å²) in [5, 5.41) is 7.13. The zero-order chi connectivity index (χ0) is 17.9. The predicted molar refractivity (Wildman–Crippen MR) is 118 cm³/mol. The monoisotopic (exact) mass is 497 g/mol. The fourth-order valence-electron chi connectivity index (χ4n) is 3.09. The summed E-state index contributed by atoms with van der Waals surface area (Å²) >= 11 is 0. The molecule has 0 aliphatic heterocycles. The number of guanidine groups is 1. The van der Waals surface area contributed by atoms with Gasteiger partial charge in [0.1, 0.15) is 12.4 Å². The highest BCUT2D eigenvalue weighted by atomic mass is 127. The molecule has 8 heteroatoms. The standard InChI is InChI=1S/C18H31N3O3S.HI/c1-3-25(22)17-9-4-7-15(13-17)21-18(19-2)20-10-6-11-23-14-16-8-5-12-24-16;/h5,8,12,15,17H,3-4,6-7,9-11,13-14H2,1-2H3,(H2,19,20,21);1H. The molecule has 0 aromatic carbocycles. The van der Waals surface area contributed by atoms with Crippen LogP contribution in [0.2, 0.25) is 0 Å². The predicted octanol–water partition coefficient (Wildman–Crippen LogP) is 3.05.